The third-order valence-electron chi connectivity index (χ3n) is 2.47. The van der Waals surface area contributed by atoms with E-state index in [9.17, 15) is 4.79 Å². The van der Waals surface area contributed by atoms with Gasteiger partial charge in [0, 0.05) is 12.6 Å². The van der Waals surface area contributed by atoms with Crippen LogP contribution in [0.1, 0.15) is 41.5 Å². The van der Waals surface area contributed by atoms with Gasteiger partial charge in [-0.15, -0.1) is 0 Å². The Morgan fingerprint density at radius 3 is 1.87 bits per heavy atom. The highest BCUT2D eigenvalue weighted by Gasteiger charge is 2.25. The van der Waals surface area contributed by atoms with Gasteiger partial charge in [0.2, 0.25) is 5.91 Å². The van der Waals surface area contributed by atoms with Crippen LogP contribution in [0.3, 0.4) is 0 Å². The molecule has 0 rings (SSSR count). The van der Waals surface area contributed by atoms with Gasteiger partial charge in [0.25, 0.3) is 0 Å². The van der Waals surface area contributed by atoms with Gasteiger partial charge in [0.15, 0.2) is 0 Å². The van der Waals surface area contributed by atoms with Gasteiger partial charge in [-0.25, -0.2) is 0 Å². The number of rotatable bonds is 5. The van der Waals surface area contributed by atoms with Crippen LogP contribution in [0.5, 0.6) is 0 Å². The Morgan fingerprint density at radius 2 is 1.60 bits per heavy atom. The molecule has 0 aromatic rings. The van der Waals surface area contributed by atoms with Crippen LogP contribution in [-0.4, -0.2) is 29.4 Å². The maximum absolute atomic E-state index is 12.1. The highest BCUT2D eigenvalue weighted by Crippen LogP contribution is 2.09. The molecular weight excluding hydrogens is 188 g/mol. The van der Waals surface area contributed by atoms with Gasteiger partial charge in [-0.3, -0.25) is 4.79 Å². The summed E-state index contributed by atoms with van der Waals surface area (Å²) >= 11 is 0. The van der Waals surface area contributed by atoms with Crippen molar-refractivity contribution < 1.29 is 4.79 Å². The molecule has 1 atom stereocenters. The number of nitrogens with zero attached hydrogens (tertiary/aromatic N) is 1. The molecule has 0 saturated carbocycles. The van der Waals surface area contributed by atoms with E-state index < -0.39 is 0 Å². The molecule has 0 aliphatic carbocycles. The topological polar surface area (TPSA) is 46.3 Å². The molecule has 3 heteroatoms. The first-order valence-corrected chi connectivity index (χ1v) is 5.83. The summed E-state index contributed by atoms with van der Waals surface area (Å²) in [5.41, 5.74) is 5.88. The second-order valence-corrected chi connectivity index (χ2v) is 5.25. The molecule has 0 aromatic carbocycles. The molecule has 2 N–H and O–H groups in total. The van der Waals surface area contributed by atoms with E-state index in [1.165, 1.54) is 0 Å². The zero-order valence-corrected chi connectivity index (χ0v) is 10.9. The number of carbonyl (C=O) groups is 1. The first kappa shape index (κ1) is 14.4. The quantitative estimate of drug-likeness (QED) is 0.759. The van der Waals surface area contributed by atoms with Crippen molar-refractivity contribution >= 4 is 5.91 Å². The van der Waals surface area contributed by atoms with Crippen LogP contribution < -0.4 is 5.73 Å². The second kappa shape index (κ2) is 6.11. The molecule has 1 amide bonds. The fourth-order valence-corrected chi connectivity index (χ4v) is 1.43. The molecule has 0 spiro atoms. The minimum absolute atomic E-state index is 0.0775. The lowest BCUT2D eigenvalue weighted by Gasteiger charge is -2.32. The maximum atomic E-state index is 12.1. The molecule has 15 heavy (non-hydrogen) atoms. The van der Waals surface area contributed by atoms with E-state index in [4.69, 9.17) is 5.73 Å². The van der Waals surface area contributed by atoms with Crippen LogP contribution >= 0.6 is 0 Å². The van der Waals surface area contributed by atoms with Gasteiger partial charge in [0.1, 0.15) is 0 Å². The third kappa shape index (κ3) is 4.65. The highest BCUT2D eigenvalue weighted by molar-refractivity contribution is 5.82. The normalized spacial score (nSPS) is 13.7. The molecular formula is C12H26N2O. The van der Waals surface area contributed by atoms with Crippen molar-refractivity contribution in [3.63, 3.8) is 0 Å². The summed E-state index contributed by atoms with van der Waals surface area (Å²) in [6.07, 6.45) is 0. The second-order valence-electron chi connectivity index (χ2n) is 5.25. The van der Waals surface area contributed by atoms with Gasteiger partial charge >= 0.3 is 0 Å². The lowest BCUT2D eigenvalue weighted by molar-refractivity contribution is -0.135. The Balaban J connectivity index is 4.55. The van der Waals surface area contributed by atoms with Crippen molar-refractivity contribution in [1.29, 1.82) is 0 Å². The summed E-state index contributed by atoms with van der Waals surface area (Å²) in [7, 11) is 0. The summed E-state index contributed by atoms with van der Waals surface area (Å²) < 4.78 is 0. The largest absolute Gasteiger partial charge is 0.339 e. The minimum atomic E-state index is -0.369. The molecule has 0 saturated heterocycles. The predicted octanol–water partition coefficient (Wildman–Crippen LogP) is 1.86. The van der Waals surface area contributed by atoms with Crippen molar-refractivity contribution in [3.8, 4) is 0 Å². The van der Waals surface area contributed by atoms with Crippen LogP contribution in [0.15, 0.2) is 0 Å². The number of carbonyl (C=O) groups excluding carboxylic acids is 1. The van der Waals surface area contributed by atoms with Gasteiger partial charge < -0.3 is 10.6 Å². The predicted molar refractivity (Wildman–Crippen MR) is 64.5 cm³/mol. The van der Waals surface area contributed by atoms with E-state index in [0.29, 0.717) is 5.92 Å². The number of hydrogen-bond acceptors (Lipinski definition) is 2. The zero-order chi connectivity index (χ0) is 12.2. The molecule has 90 valence electrons. The Morgan fingerprint density at radius 1 is 1.13 bits per heavy atom. The molecule has 3 nitrogen and oxygen atoms in total. The highest BCUT2D eigenvalue weighted by atomic mass is 16.2. The van der Waals surface area contributed by atoms with Crippen molar-refractivity contribution in [3.05, 3.63) is 0 Å². The van der Waals surface area contributed by atoms with Gasteiger partial charge in [-0.2, -0.15) is 0 Å². The molecule has 0 bridgehead atoms. The summed E-state index contributed by atoms with van der Waals surface area (Å²) in [5, 5.41) is 0. The standard InChI is InChI=1S/C12H26N2O/c1-8(2)7-14(10(5)6)12(15)11(13)9(3)4/h8-11H,7,13H2,1-6H3/t11-/m1/s1. The first-order chi connectivity index (χ1) is 6.77. The summed E-state index contributed by atoms with van der Waals surface area (Å²) in [5.74, 6) is 0.760. The molecule has 0 aliphatic rings. The Hall–Kier alpha value is -0.570. The van der Waals surface area contributed by atoms with E-state index >= 15 is 0 Å². The van der Waals surface area contributed by atoms with E-state index in [0.717, 1.165) is 6.54 Å². The minimum Gasteiger partial charge on any atom is -0.339 e. The molecule has 0 unspecified atom stereocenters. The average molecular weight is 214 g/mol. The number of amides is 1. The molecule has 0 fully saturated rings. The van der Waals surface area contributed by atoms with Gasteiger partial charge in [-0.1, -0.05) is 27.7 Å². The van der Waals surface area contributed by atoms with Crippen LogP contribution in [0, 0.1) is 11.8 Å². The molecule has 0 heterocycles. The third-order valence-corrected chi connectivity index (χ3v) is 2.47. The molecule has 0 aliphatic heterocycles. The Bertz CT molecular complexity index is 200. The van der Waals surface area contributed by atoms with Crippen LogP contribution in [0.4, 0.5) is 0 Å². The summed E-state index contributed by atoms with van der Waals surface area (Å²) in [6, 6.07) is -0.143. The smallest absolute Gasteiger partial charge is 0.239 e. The maximum Gasteiger partial charge on any atom is 0.239 e. The fraction of sp³-hybridized carbons (Fsp3) is 0.917. The first-order valence-electron chi connectivity index (χ1n) is 5.83. The fourth-order valence-electron chi connectivity index (χ4n) is 1.43. The van der Waals surface area contributed by atoms with E-state index in [2.05, 4.69) is 13.8 Å². The van der Waals surface area contributed by atoms with E-state index in [1.54, 1.807) is 0 Å². The summed E-state index contributed by atoms with van der Waals surface area (Å²) in [4.78, 5) is 13.9. The average Bonchev–Trinajstić information content (AvgIpc) is 2.10. The van der Waals surface area contributed by atoms with E-state index in [1.807, 2.05) is 32.6 Å². The zero-order valence-electron chi connectivity index (χ0n) is 10.9. The number of hydrogen-bond donors (Lipinski definition) is 1. The molecule has 0 aromatic heterocycles. The Labute approximate surface area is 94.0 Å². The Kier molecular flexibility index (Phi) is 5.88. The van der Waals surface area contributed by atoms with Gasteiger partial charge in [0.05, 0.1) is 6.04 Å². The lowest BCUT2D eigenvalue weighted by atomic mass is 10.0. The van der Waals surface area contributed by atoms with Gasteiger partial charge in [-0.05, 0) is 25.7 Å². The molecule has 0 radical (unpaired) electrons. The van der Waals surface area contributed by atoms with Crippen molar-refractivity contribution in [1.82, 2.24) is 4.90 Å². The van der Waals surface area contributed by atoms with Crippen LogP contribution in [-0.2, 0) is 4.79 Å². The summed E-state index contributed by atoms with van der Waals surface area (Å²) in [6.45, 7) is 13.1. The van der Waals surface area contributed by atoms with E-state index in [-0.39, 0.29) is 23.9 Å². The SMILES string of the molecule is CC(C)CN(C(=O)[C@H](N)C(C)C)C(C)C. The van der Waals surface area contributed by atoms with Crippen molar-refractivity contribution in [2.45, 2.75) is 53.6 Å². The van der Waals surface area contributed by atoms with Crippen molar-refractivity contribution in [2.24, 2.45) is 17.6 Å². The van der Waals surface area contributed by atoms with Crippen LogP contribution in [0.25, 0.3) is 0 Å². The lowest BCUT2D eigenvalue weighted by Crippen LogP contribution is -2.50. The number of nitrogens with two attached hydrogens (primary N) is 1. The monoisotopic (exact) mass is 214 g/mol. The van der Waals surface area contributed by atoms with Crippen molar-refractivity contribution in [2.75, 3.05) is 6.54 Å². The van der Waals surface area contributed by atoms with Crippen LogP contribution in [0.2, 0.25) is 0 Å².